The molecule has 1 N–H and O–H groups in total. The fourth-order valence-corrected chi connectivity index (χ4v) is 3.45. The van der Waals surface area contributed by atoms with Gasteiger partial charge in [-0.1, -0.05) is 42.5 Å². The van der Waals surface area contributed by atoms with Crippen molar-refractivity contribution in [3.63, 3.8) is 0 Å². The van der Waals surface area contributed by atoms with Crippen LogP contribution in [0.3, 0.4) is 0 Å². The van der Waals surface area contributed by atoms with Gasteiger partial charge in [0.15, 0.2) is 5.96 Å². The van der Waals surface area contributed by atoms with E-state index in [1.165, 1.54) is 24.0 Å². The van der Waals surface area contributed by atoms with Crippen LogP contribution in [0.5, 0.6) is 0 Å². The van der Waals surface area contributed by atoms with Crippen LogP contribution in [0, 0.1) is 0 Å². The summed E-state index contributed by atoms with van der Waals surface area (Å²) in [5, 5.41) is 3.30. The monoisotopic (exact) mass is 516 g/mol. The Hall–Kier alpha value is -1.65. The number of benzene rings is 2. The number of aliphatic imine (C=N–C) groups is 1. The molecule has 0 bridgehead atoms. The van der Waals surface area contributed by atoms with E-state index in [4.69, 9.17) is 0 Å². The highest BCUT2D eigenvalue weighted by Crippen LogP contribution is 2.14. The molecule has 0 saturated heterocycles. The fraction of sp³-hybridized carbons (Fsp3) is 0.350. The van der Waals surface area contributed by atoms with Crippen LogP contribution in [0.1, 0.15) is 18.1 Å². The van der Waals surface area contributed by atoms with Gasteiger partial charge in [0.25, 0.3) is 0 Å². The van der Waals surface area contributed by atoms with Crippen LogP contribution in [0.15, 0.2) is 64.5 Å². The summed E-state index contributed by atoms with van der Waals surface area (Å²) in [5.41, 5.74) is 2.17. The summed E-state index contributed by atoms with van der Waals surface area (Å²) in [6, 6.07) is 17.1. The van der Waals surface area contributed by atoms with Crippen molar-refractivity contribution >= 4 is 40.0 Å². The van der Waals surface area contributed by atoms with Gasteiger partial charge in [-0.3, -0.25) is 0 Å². The quantitative estimate of drug-likeness (QED) is 0.349. The molecule has 0 atom stereocenters. The second-order valence-corrected chi connectivity index (χ2v) is 8.60. The number of nitrogens with zero attached hydrogens (tertiary/aromatic N) is 3. The lowest BCUT2D eigenvalue weighted by Crippen LogP contribution is -2.38. The van der Waals surface area contributed by atoms with Crippen LogP contribution in [-0.2, 0) is 23.1 Å². The van der Waals surface area contributed by atoms with E-state index >= 15 is 0 Å². The average molecular weight is 516 g/mol. The number of sulfonamides is 1. The lowest BCUT2D eigenvalue weighted by atomic mass is 10.2. The molecule has 0 saturated carbocycles. The minimum atomic E-state index is -3.40. The van der Waals surface area contributed by atoms with Crippen LogP contribution in [0.25, 0.3) is 0 Å². The Kier molecular flexibility index (Phi) is 9.91. The first-order chi connectivity index (χ1) is 12.8. The minimum absolute atomic E-state index is 0. The summed E-state index contributed by atoms with van der Waals surface area (Å²) in [5.74, 6) is 0.811. The Morgan fingerprint density at radius 1 is 0.964 bits per heavy atom. The molecular formula is C20H29IN4O2S. The maximum absolute atomic E-state index is 12.1. The van der Waals surface area contributed by atoms with Gasteiger partial charge in [-0.25, -0.2) is 17.7 Å². The third-order valence-electron chi connectivity index (χ3n) is 4.07. The number of nitrogens with one attached hydrogen (secondary N) is 1. The summed E-state index contributed by atoms with van der Waals surface area (Å²) in [7, 11) is 1.65. The maximum Gasteiger partial charge on any atom is 0.242 e. The third-order valence-corrected chi connectivity index (χ3v) is 5.90. The lowest BCUT2D eigenvalue weighted by Gasteiger charge is -2.22. The molecule has 2 rings (SSSR count). The first kappa shape index (κ1) is 24.4. The molecule has 0 spiro atoms. The van der Waals surface area contributed by atoms with Crippen molar-refractivity contribution in [1.29, 1.82) is 0 Å². The molecule has 0 fully saturated rings. The molecule has 0 radical (unpaired) electrons. The van der Waals surface area contributed by atoms with Gasteiger partial charge in [0.05, 0.1) is 11.4 Å². The van der Waals surface area contributed by atoms with E-state index in [0.29, 0.717) is 6.54 Å². The summed E-state index contributed by atoms with van der Waals surface area (Å²) in [6.07, 6.45) is 0. The van der Waals surface area contributed by atoms with E-state index in [1.807, 2.05) is 32.2 Å². The summed E-state index contributed by atoms with van der Waals surface area (Å²) in [4.78, 5) is 7.04. The van der Waals surface area contributed by atoms with Gasteiger partial charge >= 0.3 is 0 Å². The zero-order valence-corrected chi connectivity index (χ0v) is 19.9. The van der Waals surface area contributed by atoms with Crippen LogP contribution in [-0.4, -0.2) is 51.3 Å². The van der Waals surface area contributed by atoms with Crippen LogP contribution < -0.4 is 5.32 Å². The van der Waals surface area contributed by atoms with Gasteiger partial charge < -0.3 is 10.2 Å². The van der Waals surface area contributed by atoms with E-state index in [-0.39, 0.29) is 28.9 Å². The normalized spacial score (nSPS) is 11.8. The second-order valence-electron chi connectivity index (χ2n) is 6.44. The van der Waals surface area contributed by atoms with Gasteiger partial charge in [0.2, 0.25) is 10.0 Å². The topological polar surface area (TPSA) is 65.0 Å². The molecule has 2 aromatic rings. The van der Waals surface area contributed by atoms with Gasteiger partial charge in [0, 0.05) is 34.2 Å². The fourth-order valence-electron chi connectivity index (χ4n) is 2.55. The smallest absolute Gasteiger partial charge is 0.242 e. The van der Waals surface area contributed by atoms with Crippen molar-refractivity contribution in [3.8, 4) is 0 Å². The Balaban J connectivity index is 0.00000392. The lowest BCUT2D eigenvalue weighted by molar-refractivity contribution is 0.477. The highest BCUT2D eigenvalue weighted by atomic mass is 127. The molecule has 6 nitrogen and oxygen atoms in total. The number of guanidine groups is 1. The summed E-state index contributed by atoms with van der Waals surface area (Å²) in [6.45, 7) is 4.04. The van der Waals surface area contributed by atoms with Crippen molar-refractivity contribution in [2.75, 3.05) is 27.7 Å². The molecule has 2 aromatic carbocycles. The summed E-state index contributed by atoms with van der Waals surface area (Å²) >= 11 is 0. The Labute approximate surface area is 185 Å². The van der Waals surface area contributed by atoms with Crippen molar-refractivity contribution < 1.29 is 8.42 Å². The van der Waals surface area contributed by atoms with Crippen molar-refractivity contribution in [3.05, 3.63) is 65.7 Å². The molecule has 0 aromatic heterocycles. The predicted octanol–water partition coefficient (Wildman–Crippen LogP) is 3.15. The molecule has 0 aliphatic heterocycles. The molecule has 154 valence electrons. The molecular weight excluding hydrogens is 487 g/mol. The number of halogens is 1. The minimum Gasteiger partial charge on any atom is -0.357 e. The Morgan fingerprint density at radius 3 is 2.11 bits per heavy atom. The molecule has 8 heteroatoms. The molecule has 0 aliphatic carbocycles. The van der Waals surface area contributed by atoms with E-state index in [1.54, 1.807) is 24.3 Å². The molecule has 28 heavy (non-hydrogen) atoms. The van der Waals surface area contributed by atoms with Crippen LogP contribution >= 0.6 is 24.0 Å². The average Bonchev–Trinajstić information content (AvgIpc) is 2.66. The van der Waals surface area contributed by atoms with Gasteiger partial charge in [-0.15, -0.1) is 24.0 Å². The predicted molar refractivity (Wildman–Crippen MR) is 125 cm³/mol. The Bertz CT molecular complexity index is 854. The first-order valence-corrected chi connectivity index (χ1v) is 10.3. The third kappa shape index (κ3) is 6.75. The van der Waals surface area contributed by atoms with E-state index in [2.05, 4.69) is 27.3 Å². The first-order valence-electron chi connectivity index (χ1n) is 8.89. The van der Waals surface area contributed by atoms with Crippen LogP contribution in [0.4, 0.5) is 0 Å². The highest BCUT2D eigenvalue weighted by molar-refractivity contribution is 14.0. The highest BCUT2D eigenvalue weighted by Gasteiger charge is 2.16. The number of hydrogen-bond acceptors (Lipinski definition) is 3. The SMILES string of the molecule is CCNC(=NCc1ccc(S(=O)(=O)N(C)C)cc1)N(C)Cc1ccccc1.I. The van der Waals surface area contributed by atoms with Crippen molar-refractivity contribution in [1.82, 2.24) is 14.5 Å². The van der Waals surface area contributed by atoms with Crippen LogP contribution in [0.2, 0.25) is 0 Å². The zero-order chi connectivity index (χ0) is 19.9. The largest absolute Gasteiger partial charge is 0.357 e. The maximum atomic E-state index is 12.1. The standard InChI is InChI=1S/C20H28N4O2S.HI/c1-5-21-20(24(4)16-18-9-7-6-8-10-18)22-15-17-11-13-19(14-12-17)27(25,26)23(2)3;/h6-14H,5,15-16H2,1-4H3,(H,21,22);1H. The van der Waals surface area contributed by atoms with Gasteiger partial charge in [-0.05, 0) is 30.2 Å². The van der Waals surface area contributed by atoms with Crippen molar-refractivity contribution in [2.45, 2.75) is 24.9 Å². The second kappa shape index (κ2) is 11.4. The van der Waals surface area contributed by atoms with E-state index in [9.17, 15) is 8.42 Å². The number of hydrogen-bond donors (Lipinski definition) is 1. The molecule has 0 aliphatic rings. The Morgan fingerprint density at radius 2 is 1.57 bits per heavy atom. The zero-order valence-electron chi connectivity index (χ0n) is 16.8. The molecule has 0 heterocycles. The molecule has 0 amide bonds. The van der Waals surface area contributed by atoms with Crippen molar-refractivity contribution in [2.24, 2.45) is 4.99 Å². The number of rotatable bonds is 7. The van der Waals surface area contributed by atoms with Gasteiger partial charge in [-0.2, -0.15) is 0 Å². The summed E-state index contributed by atoms with van der Waals surface area (Å²) < 4.78 is 25.5. The van der Waals surface area contributed by atoms with E-state index < -0.39 is 10.0 Å². The van der Waals surface area contributed by atoms with E-state index in [0.717, 1.165) is 24.6 Å². The van der Waals surface area contributed by atoms with Gasteiger partial charge in [0.1, 0.15) is 0 Å². The molecule has 0 unspecified atom stereocenters.